The Labute approximate surface area is 97.6 Å². The fourth-order valence-electron chi connectivity index (χ4n) is 1.12. The second-order valence-electron chi connectivity index (χ2n) is 3.00. The Hall–Kier alpha value is -1.42. The van der Waals surface area contributed by atoms with Gasteiger partial charge in [-0.05, 0) is 11.6 Å². The fraction of sp³-hybridized carbons (Fsp3) is 0.333. The predicted octanol–water partition coefficient (Wildman–Crippen LogP) is 3.76. The summed E-state index contributed by atoms with van der Waals surface area (Å²) < 4.78 is 62.0. The molecule has 0 saturated heterocycles. The van der Waals surface area contributed by atoms with Gasteiger partial charge >= 0.3 is 6.18 Å². The highest BCUT2D eigenvalue weighted by Gasteiger charge is 2.37. The van der Waals surface area contributed by atoms with Crippen LogP contribution in [0.15, 0.2) is 6.07 Å². The Balaban J connectivity index is 3.44. The van der Waals surface area contributed by atoms with E-state index in [2.05, 4.69) is 4.98 Å². The minimum atomic E-state index is -4.94. The average molecular weight is 271 g/mol. The van der Waals surface area contributed by atoms with E-state index in [1.807, 2.05) is 0 Å². The second kappa shape index (κ2) is 4.84. The van der Waals surface area contributed by atoms with Gasteiger partial charge in [-0.25, -0.2) is 13.8 Å². The van der Waals surface area contributed by atoms with Gasteiger partial charge in [0.1, 0.15) is 5.69 Å². The molecule has 0 unspecified atom stereocenters. The van der Waals surface area contributed by atoms with Crippen molar-refractivity contribution >= 4 is 11.6 Å². The summed E-state index contributed by atoms with van der Waals surface area (Å²) in [6.45, 7) is 0. The summed E-state index contributed by atoms with van der Waals surface area (Å²) in [6.07, 6.45) is -8.60. The molecule has 0 radical (unpaired) electrons. The molecule has 0 aliphatic heterocycles. The topological polar surface area (TPSA) is 36.7 Å². The molecule has 0 amide bonds. The van der Waals surface area contributed by atoms with Gasteiger partial charge in [0.25, 0.3) is 6.43 Å². The lowest BCUT2D eigenvalue weighted by atomic mass is 10.1. The van der Waals surface area contributed by atoms with Gasteiger partial charge in [0.15, 0.2) is 5.69 Å². The van der Waals surface area contributed by atoms with Gasteiger partial charge < -0.3 is 0 Å². The molecule has 1 aromatic rings. The summed E-state index contributed by atoms with van der Waals surface area (Å²) in [5, 5.41) is 7.55. The van der Waals surface area contributed by atoms with Crippen molar-refractivity contribution in [2.45, 2.75) is 19.0 Å². The molecule has 92 valence electrons. The monoisotopic (exact) mass is 270 g/mol. The molecule has 0 atom stereocenters. The van der Waals surface area contributed by atoms with Crippen LogP contribution in [0.3, 0.4) is 0 Å². The highest BCUT2D eigenvalue weighted by molar-refractivity contribution is 6.32. The summed E-state index contributed by atoms with van der Waals surface area (Å²) in [5.41, 5.74) is -2.96. The molecule has 0 aliphatic carbocycles. The Morgan fingerprint density at radius 3 is 2.41 bits per heavy atom. The molecule has 2 nitrogen and oxygen atoms in total. The Morgan fingerprint density at radius 2 is 2.00 bits per heavy atom. The third kappa shape index (κ3) is 3.03. The van der Waals surface area contributed by atoms with Crippen LogP contribution >= 0.6 is 11.6 Å². The fourth-order valence-corrected chi connectivity index (χ4v) is 1.39. The van der Waals surface area contributed by atoms with E-state index in [1.54, 1.807) is 6.07 Å². The highest BCUT2D eigenvalue weighted by atomic mass is 35.5. The lowest BCUT2D eigenvalue weighted by molar-refractivity contribution is -0.141. The van der Waals surface area contributed by atoms with Gasteiger partial charge in [0, 0.05) is 0 Å². The molecule has 17 heavy (non-hydrogen) atoms. The number of nitrogens with zero attached hydrogens (tertiary/aromatic N) is 2. The largest absolute Gasteiger partial charge is 0.434 e. The van der Waals surface area contributed by atoms with Gasteiger partial charge in [0.2, 0.25) is 0 Å². The number of pyridine rings is 1. The number of rotatable bonds is 2. The van der Waals surface area contributed by atoms with E-state index < -0.39 is 35.4 Å². The van der Waals surface area contributed by atoms with Gasteiger partial charge in [-0.2, -0.15) is 18.4 Å². The quantitative estimate of drug-likeness (QED) is 0.767. The number of halogens is 6. The molecule has 1 rings (SSSR count). The molecule has 0 saturated carbocycles. The minimum Gasteiger partial charge on any atom is -0.241 e. The molecule has 1 heterocycles. The zero-order valence-electron chi connectivity index (χ0n) is 8.02. The van der Waals surface area contributed by atoms with E-state index in [9.17, 15) is 22.0 Å². The maximum Gasteiger partial charge on any atom is 0.434 e. The van der Waals surface area contributed by atoms with Crippen LogP contribution in [0.1, 0.15) is 23.4 Å². The van der Waals surface area contributed by atoms with Crippen LogP contribution in [-0.4, -0.2) is 4.98 Å². The zero-order valence-corrected chi connectivity index (χ0v) is 8.78. The summed E-state index contributed by atoms with van der Waals surface area (Å²) in [5.74, 6) is 0. The minimum absolute atomic E-state index is 0.313. The lowest BCUT2D eigenvalue weighted by Gasteiger charge is -2.12. The third-order valence-electron chi connectivity index (χ3n) is 1.81. The number of alkyl halides is 5. The molecule has 0 bridgehead atoms. The van der Waals surface area contributed by atoms with E-state index in [4.69, 9.17) is 16.9 Å². The van der Waals surface area contributed by atoms with Gasteiger partial charge in [-0.1, -0.05) is 11.6 Å². The molecule has 0 aromatic carbocycles. The number of aromatic nitrogens is 1. The summed E-state index contributed by atoms with van der Waals surface area (Å²) in [6, 6.07) is 2.25. The first-order chi connectivity index (χ1) is 7.77. The van der Waals surface area contributed by atoms with Crippen LogP contribution < -0.4 is 0 Å². The Morgan fingerprint density at radius 1 is 1.41 bits per heavy atom. The van der Waals surface area contributed by atoms with E-state index in [-0.39, 0.29) is 5.56 Å². The molecular weight excluding hydrogens is 267 g/mol. The van der Waals surface area contributed by atoms with Gasteiger partial charge in [-0.3, -0.25) is 0 Å². The lowest BCUT2D eigenvalue weighted by Crippen LogP contribution is -2.12. The summed E-state index contributed by atoms with van der Waals surface area (Å²) >= 11 is 5.37. The first-order valence-corrected chi connectivity index (χ1v) is 4.56. The van der Waals surface area contributed by atoms with Gasteiger partial charge in [-0.15, -0.1) is 0 Å². The molecular formula is C9H4ClF5N2. The highest BCUT2D eigenvalue weighted by Crippen LogP contribution is 2.36. The molecule has 0 fully saturated rings. The molecule has 0 N–H and O–H groups in total. The summed E-state index contributed by atoms with van der Waals surface area (Å²) in [7, 11) is 0. The van der Waals surface area contributed by atoms with E-state index in [0.717, 1.165) is 0 Å². The predicted molar refractivity (Wildman–Crippen MR) is 48.5 cm³/mol. The van der Waals surface area contributed by atoms with E-state index >= 15 is 0 Å². The van der Waals surface area contributed by atoms with Crippen molar-refractivity contribution in [3.63, 3.8) is 0 Å². The van der Waals surface area contributed by atoms with E-state index in [0.29, 0.717) is 6.07 Å². The normalized spacial score (nSPS) is 11.6. The van der Waals surface area contributed by atoms with Crippen LogP contribution in [0.4, 0.5) is 22.0 Å². The Bertz CT molecular complexity index is 464. The number of nitriles is 1. The molecule has 1 aromatic heterocycles. The smallest absolute Gasteiger partial charge is 0.241 e. The molecule has 0 spiro atoms. The van der Waals surface area contributed by atoms with Crippen molar-refractivity contribution in [3.8, 4) is 6.07 Å². The third-order valence-corrected chi connectivity index (χ3v) is 2.24. The van der Waals surface area contributed by atoms with Crippen LogP contribution in [0.25, 0.3) is 0 Å². The Kier molecular flexibility index (Phi) is 3.88. The second-order valence-corrected chi connectivity index (χ2v) is 3.38. The van der Waals surface area contributed by atoms with E-state index in [1.165, 1.54) is 0 Å². The zero-order chi connectivity index (χ0) is 13.2. The molecule has 0 aliphatic rings. The maximum atomic E-state index is 12.4. The average Bonchev–Trinajstić information content (AvgIpc) is 2.19. The number of hydrogen-bond donors (Lipinski definition) is 0. The van der Waals surface area contributed by atoms with Crippen LogP contribution in [-0.2, 0) is 12.6 Å². The van der Waals surface area contributed by atoms with Crippen LogP contribution in [0.2, 0.25) is 5.02 Å². The van der Waals surface area contributed by atoms with Crippen molar-refractivity contribution in [2.24, 2.45) is 0 Å². The standard InChI is InChI=1S/C9H4ClF5N2/c10-6-4(1-2-16)3-5(8(11)12)17-7(6)9(13,14)15/h3,8H,1H2. The van der Waals surface area contributed by atoms with Crippen molar-refractivity contribution in [3.05, 3.63) is 28.0 Å². The first kappa shape index (κ1) is 13.6. The SMILES string of the molecule is N#CCc1cc(C(F)F)nc(C(F)(F)F)c1Cl. The van der Waals surface area contributed by atoms with Crippen molar-refractivity contribution < 1.29 is 22.0 Å². The maximum absolute atomic E-state index is 12.4. The van der Waals surface area contributed by atoms with Gasteiger partial charge in [0.05, 0.1) is 17.5 Å². The van der Waals surface area contributed by atoms with Crippen molar-refractivity contribution in [2.75, 3.05) is 0 Å². The van der Waals surface area contributed by atoms with Crippen molar-refractivity contribution in [1.82, 2.24) is 4.98 Å². The van der Waals surface area contributed by atoms with Crippen LogP contribution in [0.5, 0.6) is 0 Å². The summed E-state index contributed by atoms with van der Waals surface area (Å²) in [4.78, 5) is 2.77. The number of hydrogen-bond acceptors (Lipinski definition) is 2. The molecule has 8 heteroatoms. The first-order valence-electron chi connectivity index (χ1n) is 4.19. The van der Waals surface area contributed by atoms with Crippen LogP contribution in [0, 0.1) is 11.3 Å². The van der Waals surface area contributed by atoms with Crippen molar-refractivity contribution in [1.29, 1.82) is 5.26 Å².